The van der Waals surface area contributed by atoms with E-state index in [-0.39, 0.29) is 154 Å². The Balaban J connectivity index is -0.0000000476. The quantitative estimate of drug-likeness (QED) is 0.327. The summed E-state index contributed by atoms with van der Waals surface area (Å²) in [7, 11) is 91.0. The first-order chi connectivity index (χ1) is 7.35. The molecule has 0 aliphatic carbocycles. The van der Waals surface area contributed by atoms with Crippen LogP contribution in [0.2, 0.25) is 0 Å². The van der Waals surface area contributed by atoms with Gasteiger partial charge in [-0.05, 0) is 0 Å². The molecule has 0 aliphatic rings. The maximum atomic E-state index is 5.06. The Morgan fingerprint density at radius 3 is 0.208 bits per heavy atom. The molecule has 0 bridgehead atoms. The van der Waals surface area contributed by atoms with E-state index in [0.29, 0.717) is 0 Å². The Kier molecular flexibility index (Phi) is 25.6. The molecule has 0 unspecified atom stereocenters. The second-order valence-corrected chi connectivity index (χ2v) is 158. The number of hydrogen-bond acceptors (Lipinski definition) is 0. The summed E-state index contributed by atoms with van der Waals surface area (Å²) in [5.74, 6) is 0. The minimum absolute atomic E-state index is 0. The van der Waals surface area contributed by atoms with Crippen molar-refractivity contribution in [3.05, 3.63) is 0 Å². The van der Waals surface area contributed by atoms with Gasteiger partial charge in [-0.25, -0.2) is 0 Å². The fraction of sp³-hybridized carbons (Fsp3) is 0. The molecule has 159 valence electrons. The minimum Gasteiger partial charge on any atom is 1.00 e. The van der Waals surface area contributed by atoms with Crippen molar-refractivity contribution >= 4 is 173 Å². The average Bonchev–Trinajstić information content (AvgIpc) is 1.19. The van der Waals surface area contributed by atoms with Crippen LogP contribution in [-0.2, 0) is 20.4 Å². The zero-order valence-electron chi connectivity index (χ0n) is 10.8. The van der Waals surface area contributed by atoms with Crippen LogP contribution < -0.4 is 154 Å². The van der Waals surface area contributed by atoms with Crippen molar-refractivity contribution in [1.82, 2.24) is 0 Å². The number of halogens is 18. The van der Waals surface area contributed by atoms with Gasteiger partial charge in [0.15, 0.2) is 0 Å². The van der Waals surface area contributed by atoms with Gasteiger partial charge in [-0.2, -0.15) is 0 Å². The van der Waals surface area contributed by atoms with Gasteiger partial charge < -0.3 is 0 Å². The Morgan fingerprint density at radius 1 is 0.208 bits per heavy atom. The maximum Gasteiger partial charge on any atom is 1.00 e. The third-order valence-corrected chi connectivity index (χ3v) is 0. The normalized spacial score (nSPS) is 20.2. The molecule has 0 nitrogen and oxygen atoms in total. The molecule has 0 N–H and O–H groups in total. The molecule has 0 saturated carbocycles. The van der Waals surface area contributed by atoms with E-state index in [2.05, 4.69) is 0 Å². The molecule has 0 aromatic carbocycles. The molecule has 0 heterocycles. The van der Waals surface area contributed by atoms with Crippen LogP contribution in [0.3, 0.4) is 0 Å². The van der Waals surface area contributed by atoms with Crippen molar-refractivity contribution in [3.8, 4) is 0 Å². The van der Waals surface area contributed by atoms with Crippen LogP contribution in [0.5, 0.6) is 0 Å². The Labute approximate surface area is 335 Å². The van der Waals surface area contributed by atoms with Crippen LogP contribution in [0.25, 0.3) is 0 Å². The fourth-order valence-electron chi connectivity index (χ4n) is 0. The summed E-state index contributed by atoms with van der Waals surface area (Å²) in [5.41, 5.74) is 0. The summed E-state index contributed by atoms with van der Waals surface area (Å²) < 4.78 is 0. The Bertz CT molecular complexity index is 273. The molecule has 0 amide bonds. The predicted molar refractivity (Wildman–Crippen MR) is 105 cm³/mol. The molecule has 0 aliphatic heterocycles. The van der Waals surface area contributed by atoms with E-state index in [1.54, 1.807) is 0 Å². The van der Waals surface area contributed by atoms with Crippen LogP contribution in [-0.4, -0.2) is 0 Å². The van der Waals surface area contributed by atoms with Crippen molar-refractivity contribution in [2.45, 2.75) is 0 Å². The molecular weight excluding hydrogens is 1330 g/mol. The molecule has 24 heavy (non-hydrogen) atoms. The monoisotopic (exact) mass is 1330 g/mol. The molecule has 0 aromatic rings. The van der Waals surface area contributed by atoms with Gasteiger partial charge >= 0.3 is 347 Å². The summed E-state index contributed by atoms with van der Waals surface area (Å²) >= 11 is 0. The summed E-state index contributed by atoms with van der Waals surface area (Å²) in [6.07, 6.45) is 0. The molecule has 0 spiro atoms. The van der Waals surface area contributed by atoms with Crippen molar-refractivity contribution in [3.63, 3.8) is 0 Å². The second-order valence-electron chi connectivity index (χ2n) is 2.14. The first-order valence-electron chi connectivity index (χ1n) is 2.27. The van der Waals surface area contributed by atoms with Gasteiger partial charge in [0.1, 0.15) is 0 Å². The van der Waals surface area contributed by atoms with E-state index in [1.807, 2.05) is 0 Å². The van der Waals surface area contributed by atoms with Gasteiger partial charge in [0.2, 0.25) is 0 Å². The van der Waals surface area contributed by atoms with Gasteiger partial charge in [0.25, 0.3) is 0 Å². The molecular formula is Cl18Ir3K3-3. The number of rotatable bonds is 0. The average molecular weight is 1330 g/mol. The van der Waals surface area contributed by atoms with E-state index < -0.39 is 20.4 Å². The standard InChI is InChI=1S/18ClH.3Ir.3K/h18*1H;;;;;;/q;;;;;;;;;;;;;;;;;;3*+4;3*+1/p-18. The van der Waals surface area contributed by atoms with Gasteiger partial charge in [0, 0.05) is 0 Å². The molecule has 0 saturated heterocycles. The Morgan fingerprint density at radius 2 is 0.208 bits per heavy atom. The topological polar surface area (TPSA) is 0 Å². The van der Waals surface area contributed by atoms with Crippen LogP contribution in [0, 0.1) is 0 Å². The number of hydrogen-bond donors (Lipinski definition) is 0. The molecule has 0 aromatic heterocycles. The summed E-state index contributed by atoms with van der Waals surface area (Å²) in [4.78, 5) is 0. The van der Waals surface area contributed by atoms with Crippen molar-refractivity contribution in [2.24, 2.45) is 0 Å². The summed E-state index contributed by atoms with van der Waals surface area (Å²) in [6, 6.07) is 0. The molecule has 0 rings (SSSR count). The minimum atomic E-state index is -5.33. The largest absolute Gasteiger partial charge is 1.00 e. The van der Waals surface area contributed by atoms with Crippen molar-refractivity contribution in [1.29, 1.82) is 0 Å². The first kappa shape index (κ1) is 49.1. The van der Waals surface area contributed by atoms with E-state index >= 15 is 0 Å². The van der Waals surface area contributed by atoms with Crippen molar-refractivity contribution < 1.29 is 175 Å². The third kappa shape index (κ3) is 256. The first-order valence-corrected chi connectivity index (χ1v) is 55.7. The maximum absolute atomic E-state index is 5.33. The van der Waals surface area contributed by atoms with E-state index in [0.717, 1.165) is 0 Å². The van der Waals surface area contributed by atoms with Crippen LogP contribution in [0.15, 0.2) is 0 Å². The zero-order chi connectivity index (χ0) is 19.2. The predicted octanol–water partition coefficient (Wildman–Crippen LogP) is 3.42. The van der Waals surface area contributed by atoms with Gasteiger partial charge in [-0.15, -0.1) is 0 Å². The molecule has 24 heteroatoms. The van der Waals surface area contributed by atoms with E-state index in [1.165, 1.54) is 0 Å². The van der Waals surface area contributed by atoms with Gasteiger partial charge in [-0.3, -0.25) is 0 Å². The van der Waals surface area contributed by atoms with Gasteiger partial charge in [0.05, 0.1) is 0 Å². The summed E-state index contributed by atoms with van der Waals surface area (Å²) in [6.45, 7) is -16.0. The molecule has 0 atom stereocenters. The molecule has 0 fully saturated rings. The SMILES string of the molecule is [Cl][Ir-2]([Cl])([Cl])([Cl])([Cl])[Cl].[Cl][Ir-2]([Cl])([Cl])([Cl])([Cl])[Cl].[Cl][Ir-2]([Cl])([Cl])([Cl])([Cl])[Cl].[K+].[K+].[K+]. The van der Waals surface area contributed by atoms with Crippen LogP contribution in [0.4, 0.5) is 0 Å². The van der Waals surface area contributed by atoms with E-state index in [9.17, 15) is 0 Å². The zero-order valence-corrected chi connectivity index (χ0v) is 41.0. The fourth-order valence-corrected chi connectivity index (χ4v) is 0. The van der Waals surface area contributed by atoms with Gasteiger partial charge in [-0.1, -0.05) is 0 Å². The van der Waals surface area contributed by atoms with Crippen molar-refractivity contribution in [2.75, 3.05) is 0 Å². The van der Waals surface area contributed by atoms with E-state index in [4.69, 9.17) is 173 Å². The van der Waals surface area contributed by atoms with Crippen LogP contribution in [0.1, 0.15) is 0 Å². The third-order valence-electron chi connectivity index (χ3n) is 0. The van der Waals surface area contributed by atoms with Crippen LogP contribution >= 0.6 is 173 Å². The smallest absolute Gasteiger partial charge is 1.00 e. The molecule has 0 radical (unpaired) electrons. The Hall–Kier alpha value is 12.1. The second kappa shape index (κ2) is 12.5. The summed E-state index contributed by atoms with van der Waals surface area (Å²) in [5, 5.41) is 0.